The van der Waals surface area contributed by atoms with Crippen LogP contribution in [0.2, 0.25) is 0 Å². The molecule has 0 aliphatic rings. The molecule has 3 N–H and O–H groups in total. The number of unbranched alkanes of at least 4 members (excludes halogenated alkanes) is 1. The highest BCUT2D eigenvalue weighted by atomic mass is 32.2. The number of anilines is 2. The van der Waals surface area contributed by atoms with Crippen LogP contribution in [0.25, 0.3) is 5.69 Å². The number of aliphatic carboxylic acids is 1. The summed E-state index contributed by atoms with van der Waals surface area (Å²) in [7, 11) is 0. The van der Waals surface area contributed by atoms with Crippen molar-refractivity contribution in [1.82, 2.24) is 15.2 Å². The van der Waals surface area contributed by atoms with Crippen molar-refractivity contribution in [2.75, 3.05) is 16.9 Å². The van der Waals surface area contributed by atoms with Gasteiger partial charge in [-0.25, -0.2) is 19.7 Å². The average molecular weight is 978 g/mol. The lowest BCUT2D eigenvalue weighted by Gasteiger charge is -2.29. The number of aryl methyl sites for hydroxylation is 2. The Morgan fingerprint density at radius 3 is 1.74 bits per heavy atom. The van der Waals surface area contributed by atoms with E-state index < -0.39 is 44.5 Å². The van der Waals surface area contributed by atoms with Crippen molar-refractivity contribution in [3.8, 4) is 11.6 Å². The number of nitrogens with zero attached hydrogens (tertiary/aromatic N) is 3. The zero-order valence-electron chi connectivity index (χ0n) is 42.8. The Morgan fingerprint density at radius 2 is 1.24 bits per heavy atom. The van der Waals surface area contributed by atoms with Crippen LogP contribution in [-0.2, 0) is 23.8 Å². The van der Waals surface area contributed by atoms with Crippen molar-refractivity contribution in [2.45, 2.75) is 167 Å². The largest absolute Gasteiger partial charge is 0.480 e. The highest BCUT2D eigenvalue weighted by Crippen LogP contribution is 2.37. The number of rotatable bonds is 14. The van der Waals surface area contributed by atoms with Crippen molar-refractivity contribution in [2.24, 2.45) is 0 Å². The highest BCUT2D eigenvalue weighted by molar-refractivity contribution is 8.01. The normalized spacial score (nSPS) is 12.0. The Bertz CT molecular complexity index is 2390. The fourth-order valence-electron chi connectivity index (χ4n) is 5.80. The second-order valence-electron chi connectivity index (χ2n) is 20.1. The quantitative estimate of drug-likeness (QED) is 0.0356. The molecular weight excluding hydrogens is 907 g/mol. The van der Waals surface area contributed by atoms with E-state index in [1.165, 1.54) is 23.5 Å². The molecule has 0 aliphatic carbocycles. The summed E-state index contributed by atoms with van der Waals surface area (Å²) in [5, 5.41) is 18.0. The summed E-state index contributed by atoms with van der Waals surface area (Å²) in [4.78, 5) is 63.9. The Kier molecular flexibility index (Phi) is 19.2. The van der Waals surface area contributed by atoms with E-state index in [9.17, 15) is 29.1 Å². The van der Waals surface area contributed by atoms with Crippen LogP contribution in [0.3, 0.4) is 0 Å². The van der Waals surface area contributed by atoms with E-state index in [2.05, 4.69) is 22.8 Å². The second-order valence-corrected chi connectivity index (χ2v) is 23.5. The maximum Gasteiger partial charge on any atom is 0.434 e. The maximum absolute atomic E-state index is 13.2. The first-order valence-corrected chi connectivity index (χ1v) is 24.0. The fourth-order valence-corrected chi connectivity index (χ4v) is 7.73. The Hall–Kier alpha value is -5.68. The molecule has 3 amide bonds. The SMILES string of the molecule is CC(C)(C)OC(=O)NN(C(=O)OC(C)(C)C)c1ccc(SC(C)(C)C(=O)OC(C)(C)C)cc1.CCCCOc1c(C)c(C(=O)Nc2ccc(C)cc2C)nn1-c1ccc(SC(C)(C)C(=O)O)cc1. The Morgan fingerprint density at radius 1 is 0.706 bits per heavy atom. The molecule has 0 saturated carbocycles. The van der Waals surface area contributed by atoms with Crippen LogP contribution >= 0.6 is 23.5 Å². The number of carboxylic acids is 1. The average Bonchev–Trinajstić information content (AvgIpc) is 3.52. The number of nitrogens with one attached hydrogen (secondary N) is 2. The Labute approximate surface area is 410 Å². The van der Waals surface area contributed by atoms with Gasteiger partial charge in [-0.05, 0) is 177 Å². The van der Waals surface area contributed by atoms with Gasteiger partial charge in [0.25, 0.3) is 5.91 Å². The second kappa shape index (κ2) is 23.1. The van der Waals surface area contributed by atoms with Gasteiger partial charge in [-0.15, -0.1) is 23.5 Å². The summed E-state index contributed by atoms with van der Waals surface area (Å²) < 4.78 is 22.1. The highest BCUT2D eigenvalue weighted by Gasteiger charge is 2.34. The lowest BCUT2D eigenvalue weighted by Crippen LogP contribution is -2.50. The van der Waals surface area contributed by atoms with Crippen LogP contribution in [0.5, 0.6) is 5.88 Å². The summed E-state index contributed by atoms with van der Waals surface area (Å²) in [5.74, 6) is -0.981. The lowest BCUT2D eigenvalue weighted by molar-refractivity contribution is -0.156. The standard InChI is InChI=1S/C27H33N3O4S.C24H38N2O6S/c1-7-8-15-34-25-19(4)23(24(31)28-22-14-9-17(2)16-18(22)3)29-30(25)20-10-12-21(13-11-20)35-27(5,6)26(32)33;1-21(2,3)30-18(27)24(10,11)33-17-14-12-16(13-15-17)26(20(29)32-23(7,8)9)25-19(28)31-22(4,5)6/h9-14,16H,7-8,15H2,1-6H3,(H,28,31)(H,32,33);12-15H,1-11H3,(H,25,28). The zero-order valence-corrected chi connectivity index (χ0v) is 44.4. The third-order valence-corrected chi connectivity index (χ3v) is 11.5. The summed E-state index contributed by atoms with van der Waals surface area (Å²) >= 11 is 2.61. The molecule has 0 spiro atoms. The molecule has 0 saturated heterocycles. The van der Waals surface area contributed by atoms with Crippen LogP contribution in [-0.4, -0.2) is 77.8 Å². The first-order chi connectivity index (χ1) is 31.2. The van der Waals surface area contributed by atoms with Crippen molar-refractivity contribution >= 4 is 64.9 Å². The van der Waals surface area contributed by atoms with Crippen LogP contribution in [0.1, 0.15) is 137 Å². The Balaban J connectivity index is 0.000000361. The molecule has 15 nitrogen and oxygen atoms in total. The minimum atomic E-state index is -0.947. The van der Waals surface area contributed by atoms with E-state index >= 15 is 0 Å². The fraction of sp³-hybridized carbons (Fsp3) is 0.490. The van der Waals surface area contributed by atoms with Crippen molar-refractivity contribution in [3.05, 3.63) is 89.1 Å². The molecule has 0 unspecified atom stereocenters. The molecule has 3 aromatic carbocycles. The number of aromatic nitrogens is 2. The van der Waals surface area contributed by atoms with Crippen LogP contribution < -0.4 is 20.5 Å². The molecule has 68 heavy (non-hydrogen) atoms. The number of carboxylic acid groups (broad SMARTS) is 1. The van der Waals surface area contributed by atoms with Crippen molar-refractivity contribution in [3.63, 3.8) is 0 Å². The van der Waals surface area contributed by atoms with Gasteiger partial charge in [0.15, 0.2) is 5.69 Å². The van der Waals surface area contributed by atoms with Gasteiger partial charge in [-0.1, -0.05) is 31.0 Å². The van der Waals surface area contributed by atoms with Gasteiger partial charge in [-0.3, -0.25) is 14.4 Å². The number of benzene rings is 3. The number of amides is 3. The van der Waals surface area contributed by atoms with Gasteiger partial charge >= 0.3 is 24.1 Å². The van der Waals surface area contributed by atoms with Crippen molar-refractivity contribution < 1.29 is 48.0 Å². The summed E-state index contributed by atoms with van der Waals surface area (Å²) in [6.07, 6.45) is 0.313. The van der Waals surface area contributed by atoms with Crippen LogP contribution in [0, 0.1) is 20.8 Å². The topological polar surface area (TPSA) is 188 Å². The molecule has 17 heteroatoms. The molecule has 1 heterocycles. The molecule has 0 radical (unpaired) electrons. The number of esters is 1. The van der Waals surface area contributed by atoms with E-state index in [1.807, 2.05) is 84.0 Å². The molecular formula is C51H71N5O10S2. The van der Waals surface area contributed by atoms with Crippen LogP contribution in [0.15, 0.2) is 76.5 Å². The van der Waals surface area contributed by atoms with E-state index in [1.54, 1.807) is 98.2 Å². The number of carbonyl (C=O) groups is 5. The molecule has 4 aromatic rings. The summed E-state index contributed by atoms with van der Waals surface area (Å²) in [6.45, 7) is 31.2. The van der Waals surface area contributed by atoms with Gasteiger partial charge in [0.2, 0.25) is 5.88 Å². The van der Waals surface area contributed by atoms with E-state index in [0.29, 0.717) is 29.4 Å². The smallest absolute Gasteiger partial charge is 0.434 e. The monoisotopic (exact) mass is 977 g/mol. The summed E-state index contributed by atoms with van der Waals surface area (Å²) in [6, 6.07) is 20.1. The third kappa shape index (κ3) is 17.8. The molecule has 1 aromatic heterocycles. The zero-order chi connectivity index (χ0) is 51.6. The minimum absolute atomic E-state index is 0.293. The number of thioether (sulfide) groups is 2. The third-order valence-electron chi connectivity index (χ3n) is 9.16. The van der Waals surface area contributed by atoms with Gasteiger partial charge in [0, 0.05) is 21.0 Å². The van der Waals surface area contributed by atoms with E-state index in [0.717, 1.165) is 50.1 Å². The number of hydrogen-bond donors (Lipinski definition) is 3. The summed E-state index contributed by atoms with van der Waals surface area (Å²) in [5.41, 5.74) is 5.25. The number of ether oxygens (including phenoxy) is 4. The maximum atomic E-state index is 13.2. The molecule has 372 valence electrons. The minimum Gasteiger partial charge on any atom is -0.480 e. The van der Waals surface area contributed by atoms with Gasteiger partial charge < -0.3 is 29.4 Å². The lowest BCUT2D eigenvalue weighted by atomic mass is 10.1. The molecule has 0 bridgehead atoms. The number of hydrogen-bond acceptors (Lipinski definition) is 12. The van der Waals surface area contributed by atoms with Crippen LogP contribution in [0.4, 0.5) is 21.0 Å². The van der Waals surface area contributed by atoms with Gasteiger partial charge in [-0.2, -0.15) is 10.1 Å². The number of hydrazine groups is 1. The predicted octanol–water partition coefficient (Wildman–Crippen LogP) is 12.3. The number of carbonyl (C=O) groups excluding carboxylic acids is 4. The molecule has 0 fully saturated rings. The van der Waals surface area contributed by atoms with Crippen molar-refractivity contribution in [1.29, 1.82) is 0 Å². The predicted molar refractivity (Wildman–Crippen MR) is 270 cm³/mol. The van der Waals surface area contributed by atoms with Gasteiger partial charge in [0.05, 0.1) is 18.0 Å². The first kappa shape index (κ1) is 56.6. The first-order valence-electron chi connectivity index (χ1n) is 22.4. The van der Waals surface area contributed by atoms with E-state index in [-0.39, 0.29) is 11.9 Å². The molecule has 4 rings (SSSR count). The molecule has 0 atom stereocenters. The van der Waals surface area contributed by atoms with E-state index in [4.69, 9.17) is 18.9 Å². The van der Waals surface area contributed by atoms with Gasteiger partial charge in [0.1, 0.15) is 26.3 Å². The molecule has 0 aliphatic heterocycles.